The third kappa shape index (κ3) is 3.36. The zero-order valence-corrected chi connectivity index (χ0v) is 11.9. The number of carbonyl (C=O) groups is 3. The van der Waals surface area contributed by atoms with E-state index in [0.717, 1.165) is 25.7 Å². The van der Waals surface area contributed by atoms with Crippen LogP contribution in [0.5, 0.6) is 0 Å². The maximum absolute atomic E-state index is 12.3. The fraction of sp³-hybridized carbons (Fsp3) is 0.786. The number of nitrogens with two attached hydrogens (primary N) is 1. The fourth-order valence-corrected chi connectivity index (χ4v) is 2.82. The van der Waals surface area contributed by atoms with Gasteiger partial charge in [0.15, 0.2) is 0 Å². The highest BCUT2D eigenvalue weighted by Gasteiger charge is 2.39. The van der Waals surface area contributed by atoms with E-state index in [4.69, 9.17) is 5.73 Å². The lowest BCUT2D eigenvalue weighted by Crippen LogP contribution is -2.52. The third-order valence-corrected chi connectivity index (χ3v) is 4.02. The summed E-state index contributed by atoms with van der Waals surface area (Å²) in [5.74, 6) is -1.34. The van der Waals surface area contributed by atoms with E-state index in [0.29, 0.717) is 19.4 Å². The number of rotatable bonds is 7. The molecule has 1 aliphatic carbocycles. The highest BCUT2D eigenvalue weighted by atomic mass is 16.2. The Bertz CT molecular complexity index is 406. The number of likely N-dealkylation sites (tertiary alicyclic amines) is 1. The SMILES string of the molecule is CCC[C@@H](C(=O)C(=O)NC1CC1)N1CCCC1C(N)=O. The maximum Gasteiger partial charge on any atom is 0.289 e. The molecule has 6 nitrogen and oxygen atoms in total. The molecule has 2 fully saturated rings. The highest BCUT2D eigenvalue weighted by Crippen LogP contribution is 2.24. The smallest absolute Gasteiger partial charge is 0.289 e. The average molecular weight is 281 g/mol. The van der Waals surface area contributed by atoms with Gasteiger partial charge in [-0.05, 0) is 38.6 Å². The first kappa shape index (κ1) is 15.0. The minimum Gasteiger partial charge on any atom is -0.368 e. The molecule has 2 aliphatic rings. The van der Waals surface area contributed by atoms with Crippen LogP contribution in [0.25, 0.3) is 0 Å². The lowest BCUT2D eigenvalue weighted by atomic mass is 10.0. The van der Waals surface area contributed by atoms with E-state index in [1.54, 1.807) is 0 Å². The van der Waals surface area contributed by atoms with Crippen LogP contribution in [0.2, 0.25) is 0 Å². The molecular formula is C14H23N3O3. The lowest BCUT2D eigenvalue weighted by Gasteiger charge is -2.29. The van der Waals surface area contributed by atoms with Crippen LogP contribution in [0.15, 0.2) is 0 Å². The predicted molar refractivity (Wildman–Crippen MR) is 73.8 cm³/mol. The summed E-state index contributed by atoms with van der Waals surface area (Å²) in [6, 6.07) is -0.762. The number of hydrogen-bond donors (Lipinski definition) is 2. The molecule has 0 radical (unpaired) electrons. The van der Waals surface area contributed by atoms with Gasteiger partial charge in [0.1, 0.15) is 0 Å². The minimum atomic E-state index is -0.515. The van der Waals surface area contributed by atoms with E-state index in [1.807, 2.05) is 11.8 Å². The molecular weight excluding hydrogens is 258 g/mol. The molecule has 0 aromatic heterocycles. The summed E-state index contributed by atoms with van der Waals surface area (Å²) in [7, 11) is 0. The van der Waals surface area contributed by atoms with Crippen LogP contribution in [-0.2, 0) is 14.4 Å². The van der Waals surface area contributed by atoms with Gasteiger partial charge in [0, 0.05) is 6.04 Å². The quantitative estimate of drug-likeness (QED) is 0.640. The zero-order chi connectivity index (χ0) is 14.7. The predicted octanol–water partition coefficient (Wildman–Crippen LogP) is -0.0475. The van der Waals surface area contributed by atoms with Gasteiger partial charge in [-0.2, -0.15) is 0 Å². The summed E-state index contributed by atoms with van der Waals surface area (Å²) in [4.78, 5) is 37.6. The molecule has 20 heavy (non-hydrogen) atoms. The zero-order valence-electron chi connectivity index (χ0n) is 11.9. The fourth-order valence-electron chi connectivity index (χ4n) is 2.82. The van der Waals surface area contributed by atoms with Crippen LogP contribution < -0.4 is 11.1 Å². The van der Waals surface area contributed by atoms with Crippen molar-refractivity contribution in [2.24, 2.45) is 5.73 Å². The van der Waals surface area contributed by atoms with Crippen LogP contribution in [-0.4, -0.2) is 47.2 Å². The number of primary amides is 1. The van der Waals surface area contributed by atoms with Crippen molar-refractivity contribution < 1.29 is 14.4 Å². The van der Waals surface area contributed by atoms with Gasteiger partial charge in [0.25, 0.3) is 5.91 Å². The Hall–Kier alpha value is -1.43. The van der Waals surface area contributed by atoms with E-state index in [1.165, 1.54) is 0 Å². The Labute approximate surface area is 119 Å². The van der Waals surface area contributed by atoms with Gasteiger partial charge < -0.3 is 11.1 Å². The number of carbonyl (C=O) groups excluding carboxylic acids is 3. The summed E-state index contributed by atoms with van der Waals surface area (Å²) >= 11 is 0. The molecule has 2 rings (SSSR count). The Morgan fingerprint density at radius 1 is 1.30 bits per heavy atom. The van der Waals surface area contributed by atoms with Gasteiger partial charge in [0.05, 0.1) is 12.1 Å². The molecule has 1 aliphatic heterocycles. The molecule has 0 aromatic rings. The second-order valence-electron chi connectivity index (χ2n) is 5.71. The standard InChI is InChI=1S/C14H23N3O3/c1-2-4-10(12(18)14(20)16-9-6-7-9)17-8-3-5-11(17)13(15)19/h9-11H,2-8H2,1H3,(H2,15,19)(H,16,20)/t10-,11?/m0/s1. The van der Waals surface area contributed by atoms with Crippen molar-refractivity contribution >= 4 is 17.6 Å². The van der Waals surface area contributed by atoms with Crippen LogP contribution in [0.4, 0.5) is 0 Å². The van der Waals surface area contributed by atoms with E-state index in [2.05, 4.69) is 5.32 Å². The van der Waals surface area contributed by atoms with Gasteiger partial charge in [0.2, 0.25) is 11.7 Å². The van der Waals surface area contributed by atoms with Crippen LogP contribution in [0.3, 0.4) is 0 Å². The van der Waals surface area contributed by atoms with E-state index >= 15 is 0 Å². The first-order valence-corrected chi connectivity index (χ1v) is 7.44. The Kier molecular flexibility index (Phi) is 4.75. The molecule has 3 N–H and O–H groups in total. The molecule has 0 bridgehead atoms. The lowest BCUT2D eigenvalue weighted by molar-refractivity contribution is -0.142. The van der Waals surface area contributed by atoms with Gasteiger partial charge in [-0.1, -0.05) is 13.3 Å². The van der Waals surface area contributed by atoms with Crippen LogP contribution in [0.1, 0.15) is 45.4 Å². The molecule has 1 saturated carbocycles. The van der Waals surface area contributed by atoms with Crippen molar-refractivity contribution in [2.75, 3.05) is 6.54 Å². The van der Waals surface area contributed by atoms with E-state index < -0.39 is 29.7 Å². The van der Waals surface area contributed by atoms with Crippen molar-refractivity contribution in [3.63, 3.8) is 0 Å². The number of nitrogens with one attached hydrogen (secondary N) is 1. The monoisotopic (exact) mass is 281 g/mol. The summed E-state index contributed by atoms with van der Waals surface area (Å²) in [5.41, 5.74) is 5.40. The second kappa shape index (κ2) is 6.35. The van der Waals surface area contributed by atoms with Crippen molar-refractivity contribution in [1.29, 1.82) is 0 Å². The molecule has 1 heterocycles. The van der Waals surface area contributed by atoms with Crippen molar-refractivity contribution in [3.05, 3.63) is 0 Å². The Balaban J connectivity index is 2.06. The van der Waals surface area contributed by atoms with Crippen LogP contribution >= 0.6 is 0 Å². The molecule has 0 aromatic carbocycles. The van der Waals surface area contributed by atoms with Crippen LogP contribution in [0, 0.1) is 0 Å². The first-order valence-electron chi connectivity index (χ1n) is 7.44. The molecule has 6 heteroatoms. The third-order valence-electron chi connectivity index (χ3n) is 4.02. The van der Waals surface area contributed by atoms with Crippen molar-refractivity contribution in [1.82, 2.24) is 10.2 Å². The average Bonchev–Trinajstić information content (AvgIpc) is 3.08. The number of nitrogens with zero attached hydrogens (tertiary/aromatic N) is 1. The molecule has 1 unspecified atom stereocenters. The normalized spacial score (nSPS) is 24.4. The van der Waals surface area contributed by atoms with Gasteiger partial charge in [-0.25, -0.2) is 0 Å². The summed E-state index contributed by atoms with van der Waals surface area (Å²) in [6.45, 7) is 2.62. The Morgan fingerprint density at radius 3 is 2.55 bits per heavy atom. The number of hydrogen-bond acceptors (Lipinski definition) is 4. The number of amides is 2. The summed E-state index contributed by atoms with van der Waals surface area (Å²) in [6.07, 6.45) is 4.78. The summed E-state index contributed by atoms with van der Waals surface area (Å²) < 4.78 is 0. The summed E-state index contributed by atoms with van der Waals surface area (Å²) in [5, 5.41) is 2.73. The molecule has 2 amide bonds. The topological polar surface area (TPSA) is 92.5 Å². The van der Waals surface area contributed by atoms with Gasteiger partial charge in [-0.15, -0.1) is 0 Å². The molecule has 112 valence electrons. The minimum absolute atomic E-state index is 0.166. The number of Topliss-reactive ketones (excluding diaryl/α,β-unsaturated/α-hetero) is 1. The van der Waals surface area contributed by atoms with Crippen molar-refractivity contribution in [3.8, 4) is 0 Å². The molecule has 0 spiro atoms. The number of ketones is 1. The highest BCUT2D eigenvalue weighted by molar-refractivity contribution is 6.38. The van der Waals surface area contributed by atoms with Gasteiger partial charge in [-0.3, -0.25) is 19.3 Å². The first-order chi connectivity index (χ1) is 9.54. The largest absolute Gasteiger partial charge is 0.368 e. The molecule has 1 saturated heterocycles. The van der Waals surface area contributed by atoms with Crippen molar-refractivity contribution in [2.45, 2.75) is 63.6 Å². The molecule has 2 atom stereocenters. The van der Waals surface area contributed by atoms with E-state index in [9.17, 15) is 14.4 Å². The second-order valence-corrected chi connectivity index (χ2v) is 5.71. The van der Waals surface area contributed by atoms with Gasteiger partial charge >= 0.3 is 0 Å². The Morgan fingerprint density at radius 2 is 2.00 bits per heavy atom. The van der Waals surface area contributed by atoms with E-state index in [-0.39, 0.29) is 6.04 Å². The maximum atomic E-state index is 12.3.